The second-order valence-electron chi connectivity index (χ2n) is 7.66. The molecule has 4 nitrogen and oxygen atoms in total. The van der Waals surface area contributed by atoms with Gasteiger partial charge in [0.05, 0.1) is 11.4 Å². The van der Waals surface area contributed by atoms with Crippen molar-refractivity contribution in [3.63, 3.8) is 0 Å². The minimum Gasteiger partial charge on any atom is -0.276 e. The van der Waals surface area contributed by atoms with Crippen molar-refractivity contribution in [2.75, 3.05) is 10.0 Å². The van der Waals surface area contributed by atoms with Gasteiger partial charge < -0.3 is 0 Å². The van der Waals surface area contributed by atoms with Crippen molar-refractivity contribution >= 4 is 23.7 Å². The fraction of sp³-hybridized carbons (Fsp3) is 0.364. The van der Waals surface area contributed by atoms with Crippen molar-refractivity contribution in [2.24, 2.45) is 5.41 Å². The number of hydrazine groups is 1. The van der Waals surface area contributed by atoms with E-state index in [1.54, 1.807) is 0 Å². The molecule has 2 aromatic carbocycles. The Hall–Kier alpha value is -2.62. The van der Waals surface area contributed by atoms with Crippen LogP contribution in [-0.2, 0) is 9.59 Å². The van der Waals surface area contributed by atoms with E-state index >= 15 is 0 Å². The van der Waals surface area contributed by atoms with Crippen molar-refractivity contribution in [3.05, 3.63) is 58.7 Å². The van der Waals surface area contributed by atoms with Crippen LogP contribution in [0.2, 0.25) is 0 Å². The van der Waals surface area contributed by atoms with E-state index in [9.17, 15) is 9.59 Å². The summed E-state index contributed by atoms with van der Waals surface area (Å²) in [5.74, 6) is -0.0360. The zero-order valence-corrected chi connectivity index (χ0v) is 16.2. The lowest BCUT2D eigenvalue weighted by molar-refractivity contribution is -0.124. The van der Waals surface area contributed by atoms with Gasteiger partial charge in [0, 0.05) is 5.41 Å². The summed E-state index contributed by atoms with van der Waals surface area (Å²) in [6.45, 7) is 10.1. The fourth-order valence-electron chi connectivity index (χ4n) is 2.95. The molecule has 0 aromatic heterocycles. The molecule has 0 spiro atoms. The average Bonchev–Trinajstić information content (AvgIpc) is 3.36. The van der Waals surface area contributed by atoms with Crippen molar-refractivity contribution in [1.29, 1.82) is 0 Å². The molecule has 1 aliphatic carbocycles. The van der Waals surface area contributed by atoms with Gasteiger partial charge in [-0.3, -0.25) is 9.59 Å². The summed E-state index contributed by atoms with van der Waals surface area (Å²) in [6.07, 6.45) is 2.43. The predicted octanol–water partition coefficient (Wildman–Crippen LogP) is 4.63. The van der Waals surface area contributed by atoms with Crippen LogP contribution in [0.1, 0.15) is 42.0 Å². The number of aryl methyl sites for hydroxylation is 4. The van der Waals surface area contributed by atoms with Gasteiger partial charge >= 0.3 is 0 Å². The van der Waals surface area contributed by atoms with Crippen LogP contribution >= 0.6 is 0 Å². The molecule has 0 aliphatic heterocycles. The number of amides is 2. The SMILES string of the molecule is Cc1ccc(N(C=O)N(C(=O)C2(C)CC2)c2ccc(C)c(C)c2)cc1C. The number of carbonyl (C=O) groups is 2. The van der Waals surface area contributed by atoms with Crippen LogP contribution in [0.4, 0.5) is 11.4 Å². The van der Waals surface area contributed by atoms with Gasteiger partial charge in [0.15, 0.2) is 0 Å². The first-order valence-electron chi connectivity index (χ1n) is 9.00. The van der Waals surface area contributed by atoms with Crippen molar-refractivity contribution < 1.29 is 9.59 Å². The third-order valence-corrected chi connectivity index (χ3v) is 5.51. The topological polar surface area (TPSA) is 40.6 Å². The molecule has 26 heavy (non-hydrogen) atoms. The second-order valence-corrected chi connectivity index (χ2v) is 7.66. The van der Waals surface area contributed by atoms with E-state index in [0.717, 1.165) is 47.2 Å². The van der Waals surface area contributed by atoms with E-state index in [-0.39, 0.29) is 11.3 Å². The van der Waals surface area contributed by atoms with Gasteiger partial charge in [-0.15, -0.1) is 0 Å². The Balaban J connectivity index is 2.11. The van der Waals surface area contributed by atoms with Crippen LogP contribution < -0.4 is 10.0 Å². The van der Waals surface area contributed by atoms with Crippen LogP contribution in [0.5, 0.6) is 0 Å². The lowest BCUT2D eigenvalue weighted by Gasteiger charge is -2.34. The highest BCUT2D eigenvalue weighted by Crippen LogP contribution is 2.47. The van der Waals surface area contributed by atoms with Crippen molar-refractivity contribution in [3.8, 4) is 0 Å². The molecule has 0 radical (unpaired) electrons. The van der Waals surface area contributed by atoms with E-state index in [0.29, 0.717) is 5.69 Å². The van der Waals surface area contributed by atoms with Gasteiger partial charge in [0.1, 0.15) is 0 Å². The summed E-state index contributed by atoms with van der Waals surface area (Å²) in [5.41, 5.74) is 5.50. The average molecular weight is 350 g/mol. The van der Waals surface area contributed by atoms with Gasteiger partial charge in [0.2, 0.25) is 6.41 Å². The summed E-state index contributed by atoms with van der Waals surface area (Å²) in [5, 5.41) is 2.97. The molecule has 1 saturated carbocycles. The van der Waals surface area contributed by atoms with Gasteiger partial charge in [-0.2, -0.15) is 0 Å². The highest BCUT2D eigenvalue weighted by Gasteiger charge is 2.49. The number of benzene rings is 2. The normalized spacial score (nSPS) is 14.7. The first-order chi connectivity index (χ1) is 12.3. The molecule has 1 fully saturated rings. The quantitative estimate of drug-likeness (QED) is 0.582. The maximum atomic E-state index is 13.3. The predicted molar refractivity (Wildman–Crippen MR) is 105 cm³/mol. The Labute approximate surface area is 155 Å². The summed E-state index contributed by atoms with van der Waals surface area (Å²) in [7, 11) is 0. The summed E-state index contributed by atoms with van der Waals surface area (Å²) < 4.78 is 0. The van der Waals surface area contributed by atoms with E-state index in [2.05, 4.69) is 0 Å². The molecule has 4 heteroatoms. The molecule has 0 N–H and O–H groups in total. The van der Waals surface area contributed by atoms with Gasteiger partial charge in [-0.05, 0) is 87.1 Å². The number of nitrogens with zero attached hydrogens (tertiary/aromatic N) is 2. The Morgan fingerprint density at radius 2 is 1.38 bits per heavy atom. The summed E-state index contributed by atoms with van der Waals surface area (Å²) in [6, 6.07) is 11.7. The molecule has 1 aliphatic rings. The van der Waals surface area contributed by atoms with Gasteiger partial charge in [-0.1, -0.05) is 19.1 Å². The fourth-order valence-corrected chi connectivity index (χ4v) is 2.95. The molecule has 0 heterocycles. The standard InChI is InChI=1S/C22H26N2O2/c1-15-6-8-19(12-17(15)3)23(14-25)24(21(26)22(5)10-11-22)20-9-7-16(2)18(4)13-20/h6-9,12-14H,10-11H2,1-5H3. The van der Waals surface area contributed by atoms with Crippen molar-refractivity contribution in [1.82, 2.24) is 0 Å². The monoisotopic (exact) mass is 350 g/mol. The first-order valence-corrected chi connectivity index (χ1v) is 9.00. The Morgan fingerprint density at radius 3 is 1.85 bits per heavy atom. The molecular weight excluding hydrogens is 324 g/mol. The molecule has 3 rings (SSSR count). The maximum Gasteiger partial charge on any atom is 0.252 e. The smallest absolute Gasteiger partial charge is 0.252 e. The molecule has 0 unspecified atom stereocenters. The first kappa shape index (κ1) is 18.2. The van der Waals surface area contributed by atoms with Crippen molar-refractivity contribution in [2.45, 2.75) is 47.5 Å². The van der Waals surface area contributed by atoms with E-state index in [4.69, 9.17) is 0 Å². The van der Waals surface area contributed by atoms with Crippen LogP contribution in [-0.4, -0.2) is 12.3 Å². The number of anilines is 2. The molecule has 0 saturated heterocycles. The Morgan fingerprint density at radius 1 is 0.885 bits per heavy atom. The third kappa shape index (κ3) is 3.24. The largest absolute Gasteiger partial charge is 0.276 e. The molecule has 136 valence electrons. The number of carbonyl (C=O) groups excluding carboxylic acids is 2. The molecule has 0 atom stereocenters. The third-order valence-electron chi connectivity index (χ3n) is 5.51. The minimum atomic E-state index is -0.389. The lowest BCUT2D eigenvalue weighted by atomic mass is 10.1. The maximum absolute atomic E-state index is 13.3. The highest BCUT2D eigenvalue weighted by molar-refractivity contribution is 6.04. The highest BCUT2D eigenvalue weighted by atomic mass is 16.2. The van der Waals surface area contributed by atoms with E-state index < -0.39 is 0 Å². The van der Waals surface area contributed by atoms with Crippen LogP contribution in [0, 0.1) is 33.1 Å². The number of hydrogen-bond acceptors (Lipinski definition) is 2. The summed E-state index contributed by atoms with van der Waals surface area (Å²) in [4.78, 5) is 25.3. The zero-order chi connectivity index (χ0) is 19.1. The number of hydrogen-bond donors (Lipinski definition) is 0. The molecule has 2 amide bonds. The van der Waals surface area contributed by atoms with Gasteiger partial charge in [0.25, 0.3) is 5.91 Å². The lowest BCUT2D eigenvalue weighted by Crippen LogP contribution is -2.49. The van der Waals surface area contributed by atoms with Crippen LogP contribution in [0.25, 0.3) is 0 Å². The van der Waals surface area contributed by atoms with Crippen LogP contribution in [0.3, 0.4) is 0 Å². The molecule has 2 aromatic rings. The Kier molecular flexibility index (Phi) is 4.61. The van der Waals surface area contributed by atoms with Gasteiger partial charge in [-0.25, -0.2) is 10.0 Å². The van der Waals surface area contributed by atoms with E-state index in [1.165, 1.54) is 10.0 Å². The Bertz CT molecular complexity index is 868. The zero-order valence-electron chi connectivity index (χ0n) is 16.2. The molecule has 0 bridgehead atoms. The number of rotatable bonds is 5. The van der Waals surface area contributed by atoms with Crippen LogP contribution in [0.15, 0.2) is 36.4 Å². The molecular formula is C22H26N2O2. The second kappa shape index (κ2) is 6.60. The minimum absolute atomic E-state index is 0.0360. The summed E-state index contributed by atoms with van der Waals surface area (Å²) >= 11 is 0. The van der Waals surface area contributed by atoms with E-state index in [1.807, 2.05) is 71.0 Å².